The molecule has 2 fully saturated rings. The van der Waals surface area contributed by atoms with Crippen LogP contribution in [0.5, 0.6) is 0 Å². The molecule has 4 nitrogen and oxygen atoms in total. The van der Waals surface area contributed by atoms with Gasteiger partial charge in [-0.2, -0.15) is 0 Å². The van der Waals surface area contributed by atoms with E-state index in [1.165, 1.54) is 12.3 Å². The van der Waals surface area contributed by atoms with Crippen molar-refractivity contribution in [1.29, 1.82) is 0 Å². The van der Waals surface area contributed by atoms with Gasteiger partial charge in [-0.05, 0) is 85.9 Å². The van der Waals surface area contributed by atoms with Crippen LogP contribution in [0.15, 0.2) is 30.5 Å². The predicted molar refractivity (Wildman–Crippen MR) is 121 cm³/mol. The maximum absolute atomic E-state index is 13.3. The van der Waals surface area contributed by atoms with Crippen molar-refractivity contribution < 1.29 is 18.8 Å². The van der Waals surface area contributed by atoms with E-state index in [1.54, 1.807) is 6.07 Å². The minimum Gasteiger partial charge on any atom is -0.299 e. The van der Waals surface area contributed by atoms with Gasteiger partial charge in [0.15, 0.2) is 0 Å². The average Bonchev–Trinajstić information content (AvgIpc) is 2.75. The predicted octanol–water partition coefficient (Wildman–Crippen LogP) is 5.68. The molecule has 168 valence electrons. The summed E-state index contributed by atoms with van der Waals surface area (Å²) in [5.41, 5.74) is 3.79. The molecule has 0 atom stereocenters. The standard InChI is InChI=1S/C27H30FNO3/c1-4-22(30)18-7-9-27(10-8-18)13-23(31)26(24(32)14-27)25-16(2)11-19(12-17(25)3)21-6-5-20(28)15-29-21/h5-6,11-12,15,18,26H,4,7-10,13-14H2,1-3H3. The van der Waals surface area contributed by atoms with E-state index in [4.69, 9.17) is 0 Å². The third kappa shape index (κ3) is 4.17. The van der Waals surface area contributed by atoms with E-state index in [0.717, 1.165) is 47.9 Å². The zero-order valence-corrected chi connectivity index (χ0v) is 19.0. The first-order valence-electron chi connectivity index (χ1n) is 11.5. The summed E-state index contributed by atoms with van der Waals surface area (Å²) in [5.74, 6) is -0.718. The second kappa shape index (κ2) is 8.68. The molecule has 2 saturated carbocycles. The summed E-state index contributed by atoms with van der Waals surface area (Å²) in [5, 5.41) is 0. The van der Waals surface area contributed by atoms with Crippen molar-refractivity contribution in [3.05, 3.63) is 53.0 Å². The fraction of sp³-hybridized carbons (Fsp3) is 0.481. The van der Waals surface area contributed by atoms with Gasteiger partial charge in [-0.25, -0.2) is 4.39 Å². The van der Waals surface area contributed by atoms with Crippen LogP contribution in [0, 0.1) is 31.0 Å². The number of carbonyl (C=O) groups excluding carboxylic acids is 3. The van der Waals surface area contributed by atoms with Crippen molar-refractivity contribution in [3.63, 3.8) is 0 Å². The smallest absolute Gasteiger partial charge is 0.148 e. The summed E-state index contributed by atoms with van der Waals surface area (Å²) in [6.45, 7) is 5.73. The average molecular weight is 436 g/mol. The molecule has 2 aromatic rings. The highest BCUT2D eigenvalue weighted by Crippen LogP contribution is 2.50. The van der Waals surface area contributed by atoms with Crippen molar-refractivity contribution in [1.82, 2.24) is 4.98 Å². The highest BCUT2D eigenvalue weighted by molar-refractivity contribution is 6.10. The van der Waals surface area contributed by atoms with Crippen LogP contribution in [0.4, 0.5) is 4.39 Å². The van der Waals surface area contributed by atoms with Crippen molar-refractivity contribution in [3.8, 4) is 11.3 Å². The van der Waals surface area contributed by atoms with Crippen LogP contribution in [0.1, 0.15) is 74.5 Å². The van der Waals surface area contributed by atoms with Crippen LogP contribution >= 0.6 is 0 Å². The van der Waals surface area contributed by atoms with Crippen molar-refractivity contribution in [2.75, 3.05) is 0 Å². The topological polar surface area (TPSA) is 64.1 Å². The molecule has 1 aromatic carbocycles. The molecule has 0 aliphatic heterocycles. The van der Waals surface area contributed by atoms with Gasteiger partial charge in [0.2, 0.25) is 0 Å². The Labute approximate surface area is 188 Å². The number of aromatic nitrogens is 1. The van der Waals surface area contributed by atoms with E-state index in [-0.39, 0.29) is 28.7 Å². The number of pyridine rings is 1. The third-order valence-electron chi connectivity index (χ3n) is 7.50. The van der Waals surface area contributed by atoms with Gasteiger partial charge < -0.3 is 0 Å². The number of rotatable bonds is 4. The molecule has 0 unspecified atom stereocenters. The monoisotopic (exact) mass is 435 g/mol. The quantitative estimate of drug-likeness (QED) is 0.580. The number of benzene rings is 1. The fourth-order valence-electron chi connectivity index (χ4n) is 5.83. The van der Waals surface area contributed by atoms with E-state index in [9.17, 15) is 18.8 Å². The maximum atomic E-state index is 13.3. The van der Waals surface area contributed by atoms with E-state index in [1.807, 2.05) is 32.9 Å². The Morgan fingerprint density at radius 3 is 2.16 bits per heavy atom. The molecule has 5 heteroatoms. The van der Waals surface area contributed by atoms with Gasteiger partial charge in [-0.3, -0.25) is 19.4 Å². The number of Topliss-reactive ketones (excluding diaryl/α,β-unsaturated/α-hetero) is 3. The van der Waals surface area contributed by atoms with Crippen LogP contribution in [0.25, 0.3) is 11.3 Å². The molecular weight excluding hydrogens is 405 g/mol. The summed E-state index contributed by atoms with van der Waals surface area (Å²) in [6.07, 6.45) is 5.70. The van der Waals surface area contributed by atoms with Gasteiger partial charge in [-0.1, -0.05) is 6.92 Å². The Balaban J connectivity index is 1.56. The molecule has 0 bridgehead atoms. The molecule has 2 aliphatic rings. The Bertz CT molecular complexity index is 1020. The van der Waals surface area contributed by atoms with Crippen LogP contribution in [0.3, 0.4) is 0 Å². The molecule has 0 amide bonds. The summed E-state index contributed by atoms with van der Waals surface area (Å²) >= 11 is 0. The van der Waals surface area contributed by atoms with Gasteiger partial charge in [0.1, 0.15) is 29.1 Å². The largest absolute Gasteiger partial charge is 0.299 e. The summed E-state index contributed by atoms with van der Waals surface area (Å²) in [4.78, 5) is 42.8. The highest BCUT2D eigenvalue weighted by atomic mass is 19.1. The zero-order valence-electron chi connectivity index (χ0n) is 19.0. The number of hydrogen-bond acceptors (Lipinski definition) is 4. The SMILES string of the molecule is CCC(=O)C1CCC2(CC1)CC(=O)C(c1c(C)cc(-c3ccc(F)cn3)cc1C)C(=O)C2. The summed E-state index contributed by atoms with van der Waals surface area (Å²) in [7, 11) is 0. The van der Waals surface area contributed by atoms with Gasteiger partial charge in [-0.15, -0.1) is 0 Å². The molecule has 1 spiro atoms. The molecule has 0 saturated heterocycles. The Kier molecular flexibility index (Phi) is 6.11. The molecule has 1 heterocycles. The van der Waals surface area contributed by atoms with E-state index >= 15 is 0 Å². The summed E-state index contributed by atoms with van der Waals surface area (Å²) < 4.78 is 13.2. The minimum atomic E-state index is -0.717. The first-order chi connectivity index (χ1) is 15.2. The van der Waals surface area contributed by atoms with Crippen LogP contribution < -0.4 is 0 Å². The molecule has 0 N–H and O–H groups in total. The van der Waals surface area contributed by atoms with Crippen molar-refractivity contribution in [2.24, 2.45) is 11.3 Å². The normalized spacial score (nSPS) is 25.9. The van der Waals surface area contributed by atoms with Gasteiger partial charge >= 0.3 is 0 Å². The lowest BCUT2D eigenvalue weighted by Crippen LogP contribution is -2.42. The molecule has 2 aliphatic carbocycles. The molecule has 1 aromatic heterocycles. The number of ketones is 3. The van der Waals surface area contributed by atoms with E-state index in [0.29, 0.717) is 30.7 Å². The zero-order chi connectivity index (χ0) is 23.0. The summed E-state index contributed by atoms with van der Waals surface area (Å²) in [6, 6.07) is 6.85. The number of nitrogens with zero attached hydrogens (tertiary/aromatic N) is 1. The second-order valence-electron chi connectivity index (χ2n) is 9.70. The van der Waals surface area contributed by atoms with Crippen molar-refractivity contribution >= 4 is 17.3 Å². The van der Waals surface area contributed by atoms with Crippen molar-refractivity contribution in [2.45, 2.75) is 71.6 Å². The molecular formula is C27H30FNO3. The lowest BCUT2D eigenvalue weighted by Gasteiger charge is -2.43. The molecule has 0 radical (unpaired) electrons. The fourth-order valence-corrected chi connectivity index (χ4v) is 5.83. The van der Waals surface area contributed by atoms with Crippen LogP contribution in [0.2, 0.25) is 0 Å². The molecule has 4 rings (SSSR count). The Morgan fingerprint density at radius 2 is 1.66 bits per heavy atom. The first kappa shape index (κ1) is 22.5. The third-order valence-corrected chi connectivity index (χ3v) is 7.50. The Morgan fingerprint density at radius 1 is 1.06 bits per heavy atom. The van der Waals surface area contributed by atoms with Gasteiger partial charge in [0, 0.05) is 30.7 Å². The second-order valence-corrected chi connectivity index (χ2v) is 9.70. The Hall–Kier alpha value is -2.69. The lowest BCUT2D eigenvalue weighted by atomic mass is 9.59. The number of carbonyl (C=O) groups is 3. The lowest BCUT2D eigenvalue weighted by molar-refractivity contribution is -0.138. The number of aryl methyl sites for hydroxylation is 2. The first-order valence-corrected chi connectivity index (χ1v) is 11.5. The maximum Gasteiger partial charge on any atom is 0.148 e. The van der Waals surface area contributed by atoms with Gasteiger partial charge in [0.05, 0.1) is 11.9 Å². The van der Waals surface area contributed by atoms with E-state index < -0.39 is 5.92 Å². The minimum absolute atomic E-state index is 0.000347. The number of hydrogen-bond donors (Lipinski definition) is 0. The number of halogens is 1. The van der Waals surface area contributed by atoms with Crippen LogP contribution in [-0.4, -0.2) is 22.3 Å². The molecule has 32 heavy (non-hydrogen) atoms. The van der Waals surface area contributed by atoms with Gasteiger partial charge in [0.25, 0.3) is 0 Å². The highest BCUT2D eigenvalue weighted by Gasteiger charge is 2.48. The van der Waals surface area contributed by atoms with E-state index in [2.05, 4.69) is 4.98 Å². The van der Waals surface area contributed by atoms with Crippen LogP contribution in [-0.2, 0) is 14.4 Å².